The Morgan fingerprint density at radius 2 is 2.29 bits per heavy atom. The number of hydrogen-bond donors (Lipinski definition) is 1. The normalized spacial score (nSPS) is 9.21. The van der Waals surface area contributed by atoms with Gasteiger partial charge < -0.3 is 10.5 Å². The van der Waals surface area contributed by atoms with Gasteiger partial charge in [-0.25, -0.2) is 0 Å². The number of methoxy groups -OCH3 is 1. The third-order valence-corrected chi connectivity index (χ3v) is 2.50. The average molecular weight is 302 g/mol. The smallest absolute Gasteiger partial charge is 0.253 e. The molecular formula is C9H7IN2O2. The van der Waals surface area contributed by atoms with Crippen LogP contribution >= 0.6 is 22.6 Å². The van der Waals surface area contributed by atoms with Gasteiger partial charge >= 0.3 is 0 Å². The predicted octanol–water partition coefficient (Wildman–Crippen LogP) is 1.27. The highest BCUT2D eigenvalue weighted by Crippen LogP contribution is 2.25. The maximum absolute atomic E-state index is 11.1. The molecule has 4 nitrogen and oxygen atoms in total. The van der Waals surface area contributed by atoms with Crippen LogP contribution < -0.4 is 10.5 Å². The molecule has 0 radical (unpaired) electrons. The van der Waals surface area contributed by atoms with Gasteiger partial charge in [0.1, 0.15) is 5.75 Å². The lowest BCUT2D eigenvalue weighted by molar-refractivity contribution is 0.0996. The number of primary amides is 1. The van der Waals surface area contributed by atoms with Gasteiger partial charge in [0, 0.05) is 3.57 Å². The molecule has 5 heteroatoms. The van der Waals surface area contributed by atoms with Gasteiger partial charge in [-0.1, -0.05) is 0 Å². The zero-order valence-corrected chi connectivity index (χ0v) is 9.53. The van der Waals surface area contributed by atoms with Crippen LogP contribution in [0.2, 0.25) is 0 Å². The van der Waals surface area contributed by atoms with E-state index in [0.717, 1.165) is 0 Å². The number of rotatable bonds is 2. The number of ether oxygens (including phenoxy) is 1. The minimum absolute atomic E-state index is 0.312. The summed E-state index contributed by atoms with van der Waals surface area (Å²) in [5.41, 5.74) is 5.93. The molecule has 0 aliphatic rings. The zero-order valence-electron chi connectivity index (χ0n) is 7.37. The van der Waals surface area contributed by atoms with Crippen LogP contribution in [0.25, 0.3) is 0 Å². The van der Waals surface area contributed by atoms with E-state index in [2.05, 4.69) is 0 Å². The summed E-state index contributed by atoms with van der Waals surface area (Å²) in [6, 6.07) is 5.05. The Bertz CT molecular complexity index is 424. The second kappa shape index (κ2) is 4.28. The number of hydrogen-bond acceptors (Lipinski definition) is 3. The van der Waals surface area contributed by atoms with Crippen molar-refractivity contribution < 1.29 is 9.53 Å². The van der Waals surface area contributed by atoms with Gasteiger partial charge in [0.05, 0.1) is 24.3 Å². The van der Waals surface area contributed by atoms with Crippen LogP contribution in [0.5, 0.6) is 5.75 Å². The summed E-state index contributed by atoms with van der Waals surface area (Å²) in [6.45, 7) is 0. The molecule has 0 unspecified atom stereocenters. The van der Waals surface area contributed by atoms with Crippen molar-refractivity contribution in [3.05, 3.63) is 26.8 Å². The highest BCUT2D eigenvalue weighted by Gasteiger charge is 2.14. The summed E-state index contributed by atoms with van der Waals surface area (Å²) in [4.78, 5) is 11.1. The molecule has 2 N–H and O–H groups in total. The first-order valence-corrected chi connectivity index (χ1v) is 4.75. The molecule has 1 rings (SSSR count). The second-order valence-electron chi connectivity index (χ2n) is 2.51. The maximum Gasteiger partial charge on any atom is 0.253 e. The summed E-state index contributed by atoms with van der Waals surface area (Å²) < 4.78 is 5.59. The van der Waals surface area contributed by atoms with E-state index in [1.54, 1.807) is 6.07 Å². The molecule has 0 saturated heterocycles. The monoisotopic (exact) mass is 302 g/mol. The molecule has 0 spiro atoms. The van der Waals surface area contributed by atoms with Gasteiger partial charge in [-0.2, -0.15) is 5.26 Å². The molecule has 0 aliphatic heterocycles. The fraction of sp³-hybridized carbons (Fsp3) is 0.111. The molecule has 0 fully saturated rings. The van der Waals surface area contributed by atoms with E-state index in [1.165, 1.54) is 13.2 Å². The van der Waals surface area contributed by atoms with E-state index in [-0.39, 0.29) is 0 Å². The Hall–Kier alpha value is -1.29. The molecule has 0 bridgehead atoms. The summed E-state index contributed by atoms with van der Waals surface area (Å²) in [5.74, 6) is -0.225. The number of nitrogens with zero attached hydrogens (tertiary/aromatic N) is 1. The van der Waals surface area contributed by atoms with Crippen molar-refractivity contribution in [2.45, 2.75) is 0 Å². The van der Waals surface area contributed by atoms with Crippen LogP contribution in [0.4, 0.5) is 0 Å². The Morgan fingerprint density at radius 3 is 2.71 bits per heavy atom. The van der Waals surface area contributed by atoms with Crippen LogP contribution in [-0.2, 0) is 0 Å². The topological polar surface area (TPSA) is 76.1 Å². The van der Waals surface area contributed by atoms with Gasteiger partial charge in [0.25, 0.3) is 5.91 Å². The third kappa shape index (κ3) is 1.96. The Morgan fingerprint density at radius 1 is 1.64 bits per heavy atom. The molecule has 1 aromatic carbocycles. The SMILES string of the molecule is COc1cc(C#N)cc(I)c1C(N)=O. The molecular weight excluding hydrogens is 295 g/mol. The molecule has 72 valence electrons. The van der Waals surface area contributed by atoms with Crippen molar-refractivity contribution in [1.82, 2.24) is 0 Å². The number of halogens is 1. The molecule has 0 aliphatic carbocycles. The standard InChI is InChI=1S/C9H7IN2O2/c1-14-7-3-5(4-11)2-6(10)8(7)9(12)13/h2-3H,1H3,(H2,12,13). The number of nitriles is 1. The summed E-state index contributed by atoms with van der Waals surface area (Å²) in [7, 11) is 1.43. The van der Waals surface area contributed by atoms with Gasteiger partial charge in [-0.15, -0.1) is 0 Å². The molecule has 0 atom stereocenters. The molecule has 1 amide bonds. The predicted molar refractivity (Wildman–Crippen MR) is 58.9 cm³/mol. The Kier molecular flexibility index (Phi) is 3.30. The number of nitrogens with two attached hydrogens (primary N) is 1. The lowest BCUT2D eigenvalue weighted by Gasteiger charge is -2.07. The minimum atomic E-state index is -0.560. The first-order chi connectivity index (χ1) is 6.60. The average Bonchev–Trinajstić information content (AvgIpc) is 2.15. The lowest BCUT2D eigenvalue weighted by atomic mass is 10.1. The van der Waals surface area contributed by atoms with Gasteiger partial charge in [0.2, 0.25) is 0 Å². The van der Waals surface area contributed by atoms with Crippen LogP contribution in [0.15, 0.2) is 12.1 Å². The number of carbonyl (C=O) groups excluding carboxylic acids is 1. The van der Waals surface area contributed by atoms with Crippen LogP contribution in [0.3, 0.4) is 0 Å². The molecule has 14 heavy (non-hydrogen) atoms. The number of benzene rings is 1. The van der Waals surface area contributed by atoms with E-state index in [1.807, 2.05) is 28.7 Å². The highest BCUT2D eigenvalue weighted by atomic mass is 127. The van der Waals surface area contributed by atoms with Crippen LogP contribution in [-0.4, -0.2) is 13.0 Å². The van der Waals surface area contributed by atoms with Gasteiger partial charge in [-0.05, 0) is 34.7 Å². The molecule has 1 aromatic rings. The quantitative estimate of drug-likeness (QED) is 0.836. The van der Waals surface area contributed by atoms with Gasteiger partial charge in [0.15, 0.2) is 0 Å². The van der Waals surface area contributed by atoms with E-state index >= 15 is 0 Å². The Balaban J connectivity index is 3.44. The number of carbonyl (C=O) groups is 1. The van der Waals surface area contributed by atoms with E-state index in [4.69, 9.17) is 15.7 Å². The Labute approximate surface area is 94.8 Å². The second-order valence-corrected chi connectivity index (χ2v) is 3.67. The van der Waals surface area contributed by atoms with Crippen molar-refractivity contribution in [2.24, 2.45) is 5.73 Å². The first kappa shape index (κ1) is 10.8. The van der Waals surface area contributed by atoms with E-state index < -0.39 is 5.91 Å². The van der Waals surface area contributed by atoms with Crippen molar-refractivity contribution in [3.63, 3.8) is 0 Å². The van der Waals surface area contributed by atoms with Crippen molar-refractivity contribution in [3.8, 4) is 11.8 Å². The largest absolute Gasteiger partial charge is 0.496 e. The summed E-state index contributed by atoms with van der Waals surface area (Å²) >= 11 is 1.94. The lowest BCUT2D eigenvalue weighted by Crippen LogP contribution is -2.14. The van der Waals surface area contributed by atoms with Crippen molar-refractivity contribution >= 4 is 28.5 Å². The minimum Gasteiger partial charge on any atom is -0.496 e. The first-order valence-electron chi connectivity index (χ1n) is 3.67. The molecule has 0 heterocycles. The number of amides is 1. The van der Waals surface area contributed by atoms with Crippen LogP contribution in [0, 0.1) is 14.9 Å². The fourth-order valence-electron chi connectivity index (χ4n) is 1.05. The van der Waals surface area contributed by atoms with E-state index in [0.29, 0.717) is 20.4 Å². The van der Waals surface area contributed by atoms with Crippen LogP contribution in [0.1, 0.15) is 15.9 Å². The third-order valence-electron chi connectivity index (χ3n) is 1.65. The summed E-state index contributed by atoms with van der Waals surface area (Å²) in [6.07, 6.45) is 0. The maximum atomic E-state index is 11.1. The fourth-order valence-corrected chi connectivity index (χ4v) is 1.91. The van der Waals surface area contributed by atoms with Crippen molar-refractivity contribution in [1.29, 1.82) is 5.26 Å². The zero-order chi connectivity index (χ0) is 10.7. The molecule has 0 saturated carbocycles. The highest BCUT2D eigenvalue weighted by molar-refractivity contribution is 14.1. The van der Waals surface area contributed by atoms with Crippen molar-refractivity contribution in [2.75, 3.05) is 7.11 Å². The van der Waals surface area contributed by atoms with E-state index in [9.17, 15) is 4.79 Å². The van der Waals surface area contributed by atoms with Gasteiger partial charge in [-0.3, -0.25) is 4.79 Å². The summed E-state index contributed by atoms with van der Waals surface area (Å²) in [5, 5.41) is 8.69. The molecule has 0 aromatic heterocycles.